The molecule has 3 aromatic carbocycles. The third-order valence-corrected chi connectivity index (χ3v) is 9.67. The second kappa shape index (κ2) is 13.3. The van der Waals surface area contributed by atoms with Gasteiger partial charge < -0.3 is 14.2 Å². The maximum atomic E-state index is 13.6. The predicted octanol–water partition coefficient (Wildman–Crippen LogP) is 10.3. The Bertz CT molecular complexity index is 1830. The van der Waals surface area contributed by atoms with Crippen LogP contribution in [-0.2, 0) is 21.8 Å². The number of benzene rings is 3. The lowest BCUT2D eigenvalue weighted by Crippen LogP contribution is -2.35. The maximum Gasteiger partial charge on any atom is 0.416 e. The molecule has 0 saturated carbocycles. The first kappa shape index (κ1) is 36.8. The van der Waals surface area contributed by atoms with Crippen LogP contribution >= 0.6 is 0 Å². The van der Waals surface area contributed by atoms with Crippen molar-refractivity contribution in [1.82, 2.24) is 4.90 Å². The van der Waals surface area contributed by atoms with Crippen LogP contribution in [0, 0.1) is 19.3 Å². The number of methoxy groups -OCH3 is 2. The Morgan fingerprint density at radius 1 is 0.900 bits per heavy atom. The summed E-state index contributed by atoms with van der Waals surface area (Å²) in [5.74, 6) is 0.165. The monoisotopic (exact) mass is 703 g/mol. The molecule has 0 N–H and O–H groups in total. The predicted molar refractivity (Wildman–Crippen MR) is 176 cm³/mol. The van der Waals surface area contributed by atoms with Crippen LogP contribution in [0.2, 0.25) is 0 Å². The van der Waals surface area contributed by atoms with Crippen molar-refractivity contribution in [2.75, 3.05) is 20.8 Å². The van der Waals surface area contributed by atoms with Gasteiger partial charge in [-0.1, -0.05) is 19.9 Å². The first-order chi connectivity index (χ1) is 23.2. The molecule has 1 amide bonds. The lowest BCUT2D eigenvalue weighted by Gasteiger charge is -2.36. The van der Waals surface area contributed by atoms with E-state index in [-0.39, 0.29) is 23.6 Å². The van der Waals surface area contributed by atoms with Crippen LogP contribution in [0.4, 0.5) is 31.1 Å². The summed E-state index contributed by atoms with van der Waals surface area (Å²) in [7, 11) is 2.89. The first-order valence-electron chi connectivity index (χ1n) is 16.1. The van der Waals surface area contributed by atoms with Crippen LogP contribution in [0.15, 0.2) is 54.1 Å². The number of carbonyl (C=O) groups excluding carboxylic acids is 2. The average molecular weight is 704 g/mol. The summed E-state index contributed by atoms with van der Waals surface area (Å²) in [5, 5.41) is 0. The minimum absolute atomic E-state index is 0.0551. The summed E-state index contributed by atoms with van der Waals surface area (Å²) in [6.45, 7) is 9.67. The molecule has 1 aliphatic carbocycles. The Kier molecular flexibility index (Phi) is 9.81. The third-order valence-electron chi connectivity index (χ3n) is 9.67. The Morgan fingerprint density at radius 3 is 2.08 bits per heavy atom. The van der Waals surface area contributed by atoms with E-state index < -0.39 is 47.7 Å². The molecule has 50 heavy (non-hydrogen) atoms. The highest BCUT2D eigenvalue weighted by atomic mass is 19.4. The third kappa shape index (κ3) is 7.34. The molecule has 5 rings (SSSR count). The van der Waals surface area contributed by atoms with Crippen molar-refractivity contribution in [3.63, 3.8) is 0 Å². The molecule has 0 radical (unpaired) electrons. The zero-order valence-corrected chi connectivity index (χ0v) is 28.9. The van der Waals surface area contributed by atoms with E-state index >= 15 is 0 Å². The van der Waals surface area contributed by atoms with E-state index in [1.807, 2.05) is 32.0 Å². The van der Waals surface area contributed by atoms with Crippen LogP contribution in [0.3, 0.4) is 0 Å². The smallest absolute Gasteiger partial charge is 0.416 e. The fourth-order valence-electron chi connectivity index (χ4n) is 6.98. The van der Waals surface area contributed by atoms with Gasteiger partial charge in [-0.25, -0.2) is 9.59 Å². The number of nitrogens with zero attached hydrogens (tertiary/aromatic N) is 1. The van der Waals surface area contributed by atoms with Gasteiger partial charge in [-0.3, -0.25) is 4.90 Å². The van der Waals surface area contributed by atoms with Crippen molar-refractivity contribution < 1.29 is 50.1 Å². The molecular formula is C38H39F6NO5. The van der Waals surface area contributed by atoms with E-state index in [9.17, 15) is 35.9 Å². The SMILES string of the molecule is COC(=O)c1ccc(-c2cc(C3=C(CN4C(=O)O[C@H](c5cc(C(F)(F)F)cc(C(F)(F)F)c5)[C@@H]4C)CC(C)(C)CC3)c(OC)cc2C)c(C)c1. The number of alkyl halides is 6. The van der Waals surface area contributed by atoms with Gasteiger partial charge in [0.1, 0.15) is 11.9 Å². The second-order valence-electron chi connectivity index (χ2n) is 13.8. The molecule has 6 nitrogen and oxygen atoms in total. The Morgan fingerprint density at radius 2 is 1.52 bits per heavy atom. The van der Waals surface area contributed by atoms with Crippen LogP contribution < -0.4 is 4.74 Å². The molecule has 1 aliphatic heterocycles. The van der Waals surface area contributed by atoms with E-state index in [0.29, 0.717) is 36.3 Å². The molecule has 2 aliphatic rings. The lowest BCUT2D eigenvalue weighted by molar-refractivity contribution is -0.143. The number of rotatable bonds is 7. The van der Waals surface area contributed by atoms with Gasteiger partial charge in [-0.05, 0) is 127 Å². The quantitative estimate of drug-likeness (QED) is 0.181. The molecule has 268 valence electrons. The van der Waals surface area contributed by atoms with Gasteiger partial charge in [-0.15, -0.1) is 0 Å². The topological polar surface area (TPSA) is 65.1 Å². The molecule has 1 fully saturated rings. The normalized spacial score (nSPS) is 19.5. The Hall–Kier alpha value is -4.48. The van der Waals surface area contributed by atoms with Crippen molar-refractivity contribution in [3.05, 3.63) is 93.0 Å². The highest BCUT2D eigenvalue weighted by Crippen LogP contribution is 2.48. The van der Waals surface area contributed by atoms with Crippen molar-refractivity contribution in [2.24, 2.45) is 5.41 Å². The maximum absolute atomic E-state index is 13.6. The summed E-state index contributed by atoms with van der Waals surface area (Å²) < 4.78 is 98.1. The van der Waals surface area contributed by atoms with E-state index in [0.717, 1.165) is 45.4 Å². The summed E-state index contributed by atoms with van der Waals surface area (Å²) >= 11 is 0. The number of carbonyl (C=O) groups is 2. The van der Waals surface area contributed by atoms with Crippen molar-refractivity contribution in [2.45, 2.75) is 78.4 Å². The zero-order valence-electron chi connectivity index (χ0n) is 28.9. The number of halogens is 6. The average Bonchev–Trinajstić information content (AvgIpc) is 3.31. The van der Waals surface area contributed by atoms with Crippen LogP contribution in [0.25, 0.3) is 16.7 Å². The number of aryl methyl sites for hydroxylation is 2. The highest BCUT2D eigenvalue weighted by Gasteiger charge is 2.44. The molecule has 0 spiro atoms. The van der Waals surface area contributed by atoms with Crippen molar-refractivity contribution in [3.8, 4) is 16.9 Å². The molecule has 0 bridgehead atoms. The van der Waals surface area contributed by atoms with Gasteiger partial charge in [0.15, 0.2) is 0 Å². The lowest BCUT2D eigenvalue weighted by atomic mass is 9.72. The van der Waals surface area contributed by atoms with Gasteiger partial charge in [0.25, 0.3) is 0 Å². The van der Waals surface area contributed by atoms with Crippen LogP contribution in [0.1, 0.15) is 89.9 Å². The molecule has 12 heteroatoms. The number of hydrogen-bond acceptors (Lipinski definition) is 5. The molecule has 2 atom stereocenters. The summed E-state index contributed by atoms with van der Waals surface area (Å²) in [4.78, 5) is 26.8. The van der Waals surface area contributed by atoms with Crippen LogP contribution in [0.5, 0.6) is 5.75 Å². The minimum atomic E-state index is -5.04. The zero-order chi connectivity index (χ0) is 36.9. The number of cyclic esters (lactones) is 1. The summed E-state index contributed by atoms with van der Waals surface area (Å²) in [5.41, 5.74) is 3.16. The number of amides is 1. The summed E-state index contributed by atoms with van der Waals surface area (Å²) in [6.07, 6.45) is -10.2. The van der Waals surface area contributed by atoms with E-state index in [1.165, 1.54) is 12.0 Å². The largest absolute Gasteiger partial charge is 0.496 e. The van der Waals surface area contributed by atoms with Gasteiger partial charge >= 0.3 is 24.4 Å². The van der Waals surface area contributed by atoms with Crippen LogP contribution in [-0.4, -0.2) is 43.8 Å². The first-order valence-corrected chi connectivity index (χ1v) is 16.1. The fourth-order valence-corrected chi connectivity index (χ4v) is 6.98. The summed E-state index contributed by atoms with van der Waals surface area (Å²) in [6, 6.07) is 9.68. The second-order valence-corrected chi connectivity index (χ2v) is 13.8. The van der Waals surface area contributed by atoms with Gasteiger partial charge in [0.05, 0.1) is 37.0 Å². The van der Waals surface area contributed by atoms with E-state index in [4.69, 9.17) is 14.2 Å². The molecule has 0 unspecified atom stereocenters. The van der Waals surface area contributed by atoms with Gasteiger partial charge in [0, 0.05) is 12.1 Å². The molecule has 3 aromatic rings. The van der Waals surface area contributed by atoms with Gasteiger partial charge in [-0.2, -0.15) is 26.3 Å². The molecular weight excluding hydrogens is 664 g/mol. The number of hydrogen-bond donors (Lipinski definition) is 0. The molecule has 0 aromatic heterocycles. The van der Waals surface area contributed by atoms with Crippen molar-refractivity contribution >= 4 is 17.6 Å². The van der Waals surface area contributed by atoms with Crippen molar-refractivity contribution in [1.29, 1.82) is 0 Å². The number of esters is 1. The standard InChI is InChI=1S/C38H39F6NO5/c1-20-12-23(34(46)49-7)8-9-28(20)30-17-31(32(48-6)13-21(30)2)29-10-11-36(4,5)18-25(29)19-45-22(3)33(50-35(45)47)24-14-26(37(39,40)41)16-27(15-24)38(42,43)44/h8-9,12-17,22,33H,10-11,18-19H2,1-7H3/t22-,33-/m0/s1. The number of allylic oxidation sites excluding steroid dienone is 1. The highest BCUT2D eigenvalue weighted by molar-refractivity contribution is 5.91. The molecule has 1 heterocycles. The molecule has 1 saturated heterocycles. The fraction of sp³-hybridized carbons (Fsp3) is 0.421. The minimum Gasteiger partial charge on any atom is -0.496 e. The Balaban J connectivity index is 1.57. The van der Waals surface area contributed by atoms with E-state index in [2.05, 4.69) is 13.8 Å². The number of ether oxygens (including phenoxy) is 3. The van der Waals surface area contributed by atoms with Gasteiger partial charge in [0.2, 0.25) is 0 Å². The van der Waals surface area contributed by atoms with E-state index in [1.54, 1.807) is 26.2 Å². The Labute approximate surface area is 287 Å².